The zero-order valence-electron chi connectivity index (χ0n) is 10.1. The molecule has 0 bridgehead atoms. The van der Waals surface area contributed by atoms with Gasteiger partial charge in [-0.1, -0.05) is 13.8 Å². The molecule has 0 atom stereocenters. The van der Waals surface area contributed by atoms with Crippen LogP contribution in [0.5, 0.6) is 0 Å². The maximum atomic E-state index is 6.20. The van der Waals surface area contributed by atoms with E-state index in [1.807, 2.05) is 24.4 Å². The van der Waals surface area contributed by atoms with E-state index in [1.165, 1.54) is 0 Å². The molecule has 0 unspecified atom stereocenters. The first-order chi connectivity index (χ1) is 7.34. The summed E-state index contributed by atoms with van der Waals surface area (Å²) in [5.74, 6) is 0.859. The minimum absolute atomic E-state index is 0.270. The van der Waals surface area contributed by atoms with Crippen molar-refractivity contribution in [3.05, 3.63) is 24.4 Å². The molecule has 16 heavy (non-hydrogen) atoms. The first kappa shape index (κ1) is 11.0. The molecular weight excluding hydrogens is 202 g/mol. The molecule has 5 heteroatoms. The summed E-state index contributed by atoms with van der Waals surface area (Å²) in [6, 6.07) is 0. The molecular formula is C11H17N5. The summed E-state index contributed by atoms with van der Waals surface area (Å²) < 4.78 is 1.93. The molecule has 2 heterocycles. The summed E-state index contributed by atoms with van der Waals surface area (Å²) in [5, 5.41) is 8.32. The van der Waals surface area contributed by atoms with Gasteiger partial charge in [-0.25, -0.2) is 0 Å². The van der Waals surface area contributed by atoms with Crippen molar-refractivity contribution in [3.63, 3.8) is 0 Å². The van der Waals surface area contributed by atoms with E-state index in [2.05, 4.69) is 29.0 Å². The van der Waals surface area contributed by atoms with Gasteiger partial charge in [-0.3, -0.25) is 9.38 Å². The van der Waals surface area contributed by atoms with Crippen LogP contribution in [0.15, 0.2) is 18.6 Å². The van der Waals surface area contributed by atoms with Crippen molar-refractivity contribution in [2.45, 2.75) is 38.6 Å². The van der Waals surface area contributed by atoms with Crippen LogP contribution in [0.1, 0.15) is 33.5 Å². The molecule has 5 nitrogen and oxygen atoms in total. The monoisotopic (exact) mass is 219 g/mol. The molecule has 0 saturated carbocycles. The van der Waals surface area contributed by atoms with Crippen LogP contribution in [0.2, 0.25) is 0 Å². The first-order valence-corrected chi connectivity index (χ1v) is 5.28. The fourth-order valence-corrected chi connectivity index (χ4v) is 1.47. The highest BCUT2D eigenvalue weighted by molar-refractivity contribution is 5.36. The van der Waals surface area contributed by atoms with Gasteiger partial charge in [-0.15, -0.1) is 10.2 Å². The Balaban J connectivity index is 2.64. The molecule has 0 saturated heterocycles. The van der Waals surface area contributed by atoms with E-state index in [1.54, 1.807) is 12.4 Å². The molecule has 2 aromatic heterocycles. The third kappa shape index (κ3) is 1.48. The SMILES string of the molecule is CC(C)(N)C(C)(C)c1nnc2cnccn12. The second-order valence-electron chi connectivity index (χ2n) is 5.17. The average molecular weight is 219 g/mol. The highest BCUT2D eigenvalue weighted by Crippen LogP contribution is 2.31. The highest BCUT2D eigenvalue weighted by atomic mass is 15.3. The first-order valence-electron chi connectivity index (χ1n) is 5.28. The molecule has 2 rings (SSSR count). The zero-order valence-corrected chi connectivity index (χ0v) is 10.1. The number of aromatic nitrogens is 4. The molecule has 2 N–H and O–H groups in total. The van der Waals surface area contributed by atoms with Gasteiger partial charge < -0.3 is 5.73 Å². The molecule has 0 aliphatic rings. The maximum absolute atomic E-state index is 6.20. The van der Waals surface area contributed by atoms with E-state index < -0.39 is 0 Å². The van der Waals surface area contributed by atoms with Crippen molar-refractivity contribution in [2.75, 3.05) is 0 Å². The van der Waals surface area contributed by atoms with Crippen molar-refractivity contribution in [3.8, 4) is 0 Å². The lowest BCUT2D eigenvalue weighted by Crippen LogP contribution is -2.51. The molecule has 0 fully saturated rings. The van der Waals surface area contributed by atoms with Crippen molar-refractivity contribution in [2.24, 2.45) is 5.73 Å². The van der Waals surface area contributed by atoms with Crippen LogP contribution >= 0.6 is 0 Å². The van der Waals surface area contributed by atoms with Gasteiger partial charge in [0.25, 0.3) is 0 Å². The normalized spacial score (nSPS) is 13.3. The second kappa shape index (κ2) is 3.25. The highest BCUT2D eigenvalue weighted by Gasteiger charge is 2.39. The molecule has 0 amide bonds. The van der Waals surface area contributed by atoms with Crippen molar-refractivity contribution < 1.29 is 0 Å². The van der Waals surface area contributed by atoms with Gasteiger partial charge in [-0.2, -0.15) is 0 Å². The standard InChI is InChI=1S/C11H17N5/c1-10(2,11(3,4)12)9-15-14-8-7-13-5-6-16(8)9/h5-7H,12H2,1-4H3. The van der Waals surface area contributed by atoms with E-state index in [4.69, 9.17) is 5.73 Å². The second-order valence-corrected chi connectivity index (χ2v) is 5.17. The van der Waals surface area contributed by atoms with Crippen LogP contribution in [0.3, 0.4) is 0 Å². The van der Waals surface area contributed by atoms with E-state index in [9.17, 15) is 0 Å². The van der Waals surface area contributed by atoms with Crippen molar-refractivity contribution >= 4 is 5.65 Å². The predicted molar refractivity (Wildman–Crippen MR) is 62.1 cm³/mol. The summed E-state index contributed by atoms with van der Waals surface area (Å²) >= 11 is 0. The summed E-state index contributed by atoms with van der Waals surface area (Å²) in [4.78, 5) is 4.02. The van der Waals surface area contributed by atoms with Gasteiger partial charge in [0, 0.05) is 23.3 Å². The Morgan fingerprint density at radius 1 is 1.19 bits per heavy atom. The topological polar surface area (TPSA) is 69.1 Å². The van der Waals surface area contributed by atoms with Crippen molar-refractivity contribution in [1.29, 1.82) is 0 Å². The fraction of sp³-hybridized carbons (Fsp3) is 0.545. The van der Waals surface area contributed by atoms with Crippen LogP contribution in [0.4, 0.5) is 0 Å². The minimum Gasteiger partial charge on any atom is -0.325 e. The molecule has 86 valence electrons. The third-order valence-electron chi connectivity index (χ3n) is 3.38. The van der Waals surface area contributed by atoms with Gasteiger partial charge in [0.2, 0.25) is 0 Å². The largest absolute Gasteiger partial charge is 0.325 e. The third-order valence-corrected chi connectivity index (χ3v) is 3.38. The van der Waals surface area contributed by atoms with E-state index in [0.717, 1.165) is 11.5 Å². The predicted octanol–water partition coefficient (Wildman–Crippen LogP) is 1.14. The summed E-state index contributed by atoms with van der Waals surface area (Å²) in [6.45, 7) is 8.14. The van der Waals surface area contributed by atoms with Gasteiger partial charge >= 0.3 is 0 Å². The van der Waals surface area contributed by atoms with Gasteiger partial charge in [0.05, 0.1) is 6.20 Å². The fourth-order valence-electron chi connectivity index (χ4n) is 1.47. The lowest BCUT2D eigenvalue weighted by molar-refractivity contribution is 0.289. The number of rotatable bonds is 2. The molecule has 0 spiro atoms. The average Bonchev–Trinajstić information content (AvgIpc) is 2.59. The number of fused-ring (bicyclic) bond motifs is 1. The van der Waals surface area contributed by atoms with Crippen LogP contribution in [-0.2, 0) is 5.41 Å². The molecule has 2 aromatic rings. The van der Waals surface area contributed by atoms with E-state index in [-0.39, 0.29) is 11.0 Å². The van der Waals surface area contributed by atoms with Crippen LogP contribution in [-0.4, -0.2) is 25.1 Å². The van der Waals surface area contributed by atoms with Gasteiger partial charge in [0.1, 0.15) is 5.82 Å². The Hall–Kier alpha value is -1.49. The maximum Gasteiger partial charge on any atom is 0.179 e. The summed E-state index contributed by atoms with van der Waals surface area (Å²) in [5.41, 5.74) is 6.30. The van der Waals surface area contributed by atoms with Crippen molar-refractivity contribution in [1.82, 2.24) is 19.6 Å². The van der Waals surface area contributed by atoms with Crippen LogP contribution < -0.4 is 5.73 Å². The number of hydrogen-bond acceptors (Lipinski definition) is 4. The Morgan fingerprint density at radius 3 is 2.50 bits per heavy atom. The Labute approximate surface area is 94.7 Å². The van der Waals surface area contributed by atoms with E-state index in [0.29, 0.717) is 0 Å². The quantitative estimate of drug-likeness (QED) is 0.822. The molecule has 0 aliphatic heterocycles. The molecule has 0 aromatic carbocycles. The van der Waals surface area contributed by atoms with Gasteiger partial charge in [-0.05, 0) is 13.8 Å². The summed E-state index contributed by atoms with van der Waals surface area (Å²) in [6.07, 6.45) is 5.27. The van der Waals surface area contributed by atoms with Gasteiger partial charge in [0.15, 0.2) is 5.65 Å². The van der Waals surface area contributed by atoms with E-state index >= 15 is 0 Å². The smallest absolute Gasteiger partial charge is 0.179 e. The Morgan fingerprint density at radius 2 is 1.88 bits per heavy atom. The number of nitrogens with two attached hydrogens (primary N) is 1. The molecule has 0 radical (unpaired) electrons. The lowest BCUT2D eigenvalue weighted by Gasteiger charge is -2.36. The van der Waals surface area contributed by atoms with Crippen LogP contribution in [0.25, 0.3) is 5.65 Å². The zero-order chi connectivity index (χ0) is 12.0. The molecule has 0 aliphatic carbocycles. The minimum atomic E-state index is -0.376. The Kier molecular flexibility index (Phi) is 2.24. The number of hydrogen-bond donors (Lipinski definition) is 1. The summed E-state index contributed by atoms with van der Waals surface area (Å²) in [7, 11) is 0. The number of nitrogens with zero attached hydrogens (tertiary/aromatic N) is 4. The van der Waals surface area contributed by atoms with Crippen LogP contribution in [0, 0.1) is 0 Å². The lowest BCUT2D eigenvalue weighted by atomic mass is 9.74. The Bertz CT molecular complexity index is 506.